The fraction of sp³-hybridized carbons (Fsp3) is 0.500. The number of nitrogens with one attached hydrogen (secondary N) is 1. The Morgan fingerprint density at radius 3 is 2.76 bits per heavy atom. The van der Waals surface area contributed by atoms with Crippen LogP contribution in [0.5, 0.6) is 0 Å². The summed E-state index contributed by atoms with van der Waals surface area (Å²) in [5, 5.41) is 13.8. The van der Waals surface area contributed by atoms with E-state index >= 15 is 0 Å². The van der Waals surface area contributed by atoms with E-state index in [4.69, 9.17) is 10.5 Å². The number of nitrogens with zero attached hydrogens (tertiary/aromatic N) is 1. The number of amides is 1. The predicted octanol–water partition coefficient (Wildman–Crippen LogP) is 1.72. The SMILES string of the molecule is CC1(CNC(=O)c2cccc(N)c2[N+](=O)[O-])CCOCC1. The minimum Gasteiger partial charge on any atom is -0.393 e. The highest BCUT2D eigenvalue weighted by atomic mass is 16.6. The summed E-state index contributed by atoms with van der Waals surface area (Å²) in [7, 11) is 0. The van der Waals surface area contributed by atoms with Crippen LogP contribution in [0.4, 0.5) is 11.4 Å². The van der Waals surface area contributed by atoms with Crippen LogP contribution in [0.15, 0.2) is 18.2 Å². The first-order valence-corrected chi connectivity index (χ1v) is 6.82. The van der Waals surface area contributed by atoms with Crippen molar-refractivity contribution < 1.29 is 14.5 Å². The Balaban J connectivity index is 2.10. The van der Waals surface area contributed by atoms with Crippen molar-refractivity contribution in [2.24, 2.45) is 5.41 Å². The quantitative estimate of drug-likeness (QED) is 0.499. The molecular weight excluding hydrogens is 274 g/mol. The Labute approximate surface area is 122 Å². The van der Waals surface area contributed by atoms with Crippen molar-refractivity contribution in [2.75, 3.05) is 25.5 Å². The van der Waals surface area contributed by atoms with Crippen molar-refractivity contribution in [1.29, 1.82) is 0 Å². The third-order valence-electron chi connectivity index (χ3n) is 3.87. The molecule has 0 saturated carbocycles. The minimum atomic E-state index is -0.625. The Morgan fingerprint density at radius 1 is 1.48 bits per heavy atom. The van der Waals surface area contributed by atoms with Crippen LogP contribution in [0, 0.1) is 15.5 Å². The maximum Gasteiger partial charge on any atom is 0.304 e. The number of para-hydroxylation sites is 1. The topological polar surface area (TPSA) is 107 Å². The maximum atomic E-state index is 12.2. The molecule has 1 aliphatic rings. The van der Waals surface area contributed by atoms with E-state index in [-0.39, 0.29) is 22.4 Å². The number of carbonyl (C=O) groups is 1. The second-order valence-electron chi connectivity index (χ2n) is 5.61. The number of nitrogen functional groups attached to an aromatic ring is 1. The van der Waals surface area contributed by atoms with Gasteiger partial charge in [0.1, 0.15) is 11.3 Å². The normalized spacial score (nSPS) is 17.2. The number of hydrogen-bond acceptors (Lipinski definition) is 5. The molecule has 1 amide bonds. The van der Waals surface area contributed by atoms with Crippen molar-refractivity contribution in [2.45, 2.75) is 19.8 Å². The zero-order chi connectivity index (χ0) is 15.5. The largest absolute Gasteiger partial charge is 0.393 e. The molecule has 0 spiro atoms. The van der Waals surface area contributed by atoms with Crippen LogP contribution >= 0.6 is 0 Å². The van der Waals surface area contributed by atoms with Gasteiger partial charge in [0.15, 0.2) is 0 Å². The summed E-state index contributed by atoms with van der Waals surface area (Å²) in [4.78, 5) is 22.6. The number of nitro benzene ring substituents is 1. The lowest BCUT2D eigenvalue weighted by Gasteiger charge is -2.33. The molecule has 21 heavy (non-hydrogen) atoms. The summed E-state index contributed by atoms with van der Waals surface area (Å²) in [6, 6.07) is 4.36. The molecule has 7 heteroatoms. The van der Waals surface area contributed by atoms with Gasteiger partial charge in [-0.3, -0.25) is 14.9 Å². The Kier molecular flexibility index (Phi) is 4.42. The van der Waals surface area contributed by atoms with Crippen LogP contribution in [0.2, 0.25) is 0 Å². The van der Waals surface area contributed by atoms with Gasteiger partial charge in [-0.2, -0.15) is 0 Å². The van der Waals surface area contributed by atoms with Crippen molar-refractivity contribution in [3.63, 3.8) is 0 Å². The molecule has 0 radical (unpaired) electrons. The number of carbonyl (C=O) groups excluding carboxylic acids is 1. The van der Waals surface area contributed by atoms with Crippen LogP contribution in [0.3, 0.4) is 0 Å². The zero-order valence-corrected chi connectivity index (χ0v) is 11.9. The molecule has 2 rings (SSSR count). The summed E-state index contributed by atoms with van der Waals surface area (Å²) in [6.45, 7) is 3.88. The van der Waals surface area contributed by atoms with E-state index < -0.39 is 10.8 Å². The fourth-order valence-corrected chi connectivity index (χ4v) is 2.38. The molecule has 1 aromatic rings. The molecule has 0 unspecified atom stereocenters. The summed E-state index contributed by atoms with van der Waals surface area (Å²) < 4.78 is 5.30. The summed E-state index contributed by atoms with van der Waals surface area (Å²) in [6.07, 6.45) is 1.71. The van der Waals surface area contributed by atoms with Gasteiger partial charge in [0, 0.05) is 19.8 Å². The number of hydrogen-bond donors (Lipinski definition) is 2. The molecule has 114 valence electrons. The lowest BCUT2D eigenvalue weighted by molar-refractivity contribution is -0.384. The number of nitro groups is 1. The van der Waals surface area contributed by atoms with Crippen LogP contribution in [-0.4, -0.2) is 30.6 Å². The molecule has 1 saturated heterocycles. The summed E-state index contributed by atoms with van der Waals surface area (Å²) >= 11 is 0. The van der Waals surface area contributed by atoms with Gasteiger partial charge >= 0.3 is 5.69 Å². The highest BCUT2D eigenvalue weighted by molar-refractivity contribution is 6.00. The molecular formula is C14H19N3O4. The van der Waals surface area contributed by atoms with E-state index in [9.17, 15) is 14.9 Å². The van der Waals surface area contributed by atoms with Gasteiger partial charge < -0.3 is 15.8 Å². The lowest BCUT2D eigenvalue weighted by Crippen LogP contribution is -2.39. The van der Waals surface area contributed by atoms with Crippen LogP contribution in [0.25, 0.3) is 0 Å². The van der Waals surface area contributed by atoms with E-state index in [1.54, 1.807) is 0 Å². The van der Waals surface area contributed by atoms with E-state index in [1.165, 1.54) is 18.2 Å². The van der Waals surface area contributed by atoms with E-state index in [2.05, 4.69) is 12.2 Å². The van der Waals surface area contributed by atoms with Crippen molar-refractivity contribution in [3.05, 3.63) is 33.9 Å². The van der Waals surface area contributed by atoms with Gasteiger partial charge in [0.25, 0.3) is 5.91 Å². The number of benzene rings is 1. The van der Waals surface area contributed by atoms with Gasteiger partial charge in [0.2, 0.25) is 0 Å². The third kappa shape index (κ3) is 3.49. The Hall–Kier alpha value is -2.15. The lowest BCUT2D eigenvalue weighted by atomic mass is 9.82. The molecule has 1 aliphatic heterocycles. The standard InChI is InChI=1S/C14H19N3O4/c1-14(5-7-21-8-6-14)9-16-13(18)10-3-2-4-11(15)12(10)17(19)20/h2-4H,5-9,15H2,1H3,(H,16,18). The van der Waals surface area contributed by atoms with Crippen LogP contribution in [-0.2, 0) is 4.74 Å². The van der Waals surface area contributed by atoms with Crippen molar-refractivity contribution in [1.82, 2.24) is 5.32 Å². The van der Waals surface area contributed by atoms with Crippen LogP contribution < -0.4 is 11.1 Å². The Bertz CT molecular complexity index is 553. The first-order chi connectivity index (χ1) is 9.93. The first-order valence-electron chi connectivity index (χ1n) is 6.82. The Morgan fingerprint density at radius 2 is 2.14 bits per heavy atom. The molecule has 1 fully saturated rings. The average molecular weight is 293 g/mol. The first kappa shape index (κ1) is 15.2. The highest BCUT2D eigenvalue weighted by Crippen LogP contribution is 2.29. The van der Waals surface area contributed by atoms with Crippen molar-refractivity contribution >= 4 is 17.3 Å². The number of rotatable bonds is 4. The zero-order valence-electron chi connectivity index (χ0n) is 11.9. The van der Waals surface area contributed by atoms with Gasteiger partial charge in [-0.1, -0.05) is 13.0 Å². The average Bonchev–Trinajstić information content (AvgIpc) is 2.45. The second kappa shape index (κ2) is 6.09. The molecule has 0 bridgehead atoms. The second-order valence-corrected chi connectivity index (χ2v) is 5.61. The summed E-state index contributed by atoms with van der Waals surface area (Å²) in [5.41, 5.74) is 5.19. The number of nitrogens with two attached hydrogens (primary N) is 1. The van der Waals surface area contributed by atoms with Gasteiger partial charge in [-0.25, -0.2) is 0 Å². The number of ether oxygens (including phenoxy) is 1. The smallest absolute Gasteiger partial charge is 0.304 e. The van der Waals surface area contributed by atoms with E-state index in [0.717, 1.165) is 12.8 Å². The molecule has 0 aliphatic carbocycles. The van der Waals surface area contributed by atoms with Gasteiger partial charge in [-0.15, -0.1) is 0 Å². The summed E-state index contributed by atoms with van der Waals surface area (Å²) in [5.74, 6) is -0.471. The highest BCUT2D eigenvalue weighted by Gasteiger charge is 2.29. The predicted molar refractivity (Wildman–Crippen MR) is 78.0 cm³/mol. The number of anilines is 1. The van der Waals surface area contributed by atoms with Crippen LogP contribution in [0.1, 0.15) is 30.1 Å². The third-order valence-corrected chi connectivity index (χ3v) is 3.87. The molecule has 3 N–H and O–H groups in total. The van der Waals surface area contributed by atoms with Crippen molar-refractivity contribution in [3.8, 4) is 0 Å². The monoisotopic (exact) mass is 293 g/mol. The fourth-order valence-electron chi connectivity index (χ4n) is 2.38. The van der Waals surface area contributed by atoms with E-state index in [1.807, 2.05) is 0 Å². The molecule has 1 heterocycles. The molecule has 7 nitrogen and oxygen atoms in total. The molecule has 1 aromatic carbocycles. The maximum absolute atomic E-state index is 12.2. The van der Waals surface area contributed by atoms with E-state index in [0.29, 0.717) is 19.8 Å². The van der Waals surface area contributed by atoms with Gasteiger partial charge in [-0.05, 0) is 30.4 Å². The minimum absolute atomic E-state index is 0.00402. The van der Waals surface area contributed by atoms with Gasteiger partial charge in [0.05, 0.1) is 4.92 Å². The molecule has 0 atom stereocenters. The molecule has 0 aromatic heterocycles.